The van der Waals surface area contributed by atoms with E-state index in [4.69, 9.17) is 11.6 Å². The third-order valence-corrected chi connectivity index (χ3v) is 3.08. The summed E-state index contributed by atoms with van der Waals surface area (Å²) in [7, 11) is 0. The molecule has 3 N–H and O–H groups in total. The predicted molar refractivity (Wildman–Crippen MR) is 73.4 cm³/mol. The third-order valence-electron chi connectivity index (χ3n) is 2.84. The molecule has 0 spiro atoms. The molecule has 2 aromatic carbocycles. The van der Waals surface area contributed by atoms with E-state index in [1.165, 1.54) is 5.56 Å². The Morgan fingerprint density at radius 1 is 1.06 bits per heavy atom. The fraction of sp³-hybridized carbons (Fsp3) is 0.200. The van der Waals surface area contributed by atoms with Crippen molar-refractivity contribution in [2.24, 2.45) is 0 Å². The van der Waals surface area contributed by atoms with Crippen LogP contribution in [0.15, 0.2) is 54.6 Å². The van der Waals surface area contributed by atoms with Crippen molar-refractivity contribution in [1.29, 1.82) is 0 Å². The average Bonchev–Trinajstić information content (AvgIpc) is 2.40. The Hall–Kier alpha value is -1.35. The number of nitrogens with two attached hydrogens (primary N) is 1. The summed E-state index contributed by atoms with van der Waals surface area (Å²) >= 11 is 5.92. The second-order valence-corrected chi connectivity index (χ2v) is 4.72. The predicted octanol–water partition coefficient (Wildman–Crippen LogP) is 2.14. The molecule has 2 aromatic rings. The Bertz CT molecular complexity index is 487. The first-order chi connectivity index (χ1) is 8.75. The van der Waals surface area contributed by atoms with Crippen LogP contribution < -0.4 is 5.32 Å². The van der Waals surface area contributed by atoms with Gasteiger partial charge in [0.15, 0.2) is 0 Å². The molecule has 2 nitrogen and oxygen atoms in total. The second kappa shape index (κ2) is 6.55. The van der Waals surface area contributed by atoms with E-state index >= 15 is 0 Å². The molecule has 0 aromatic heterocycles. The third kappa shape index (κ3) is 3.84. The van der Waals surface area contributed by atoms with Crippen LogP contribution in [0.4, 0.5) is 0 Å². The van der Waals surface area contributed by atoms with Crippen LogP contribution in [0.5, 0.6) is 0 Å². The molecule has 94 valence electrons. The maximum Gasteiger partial charge on any atom is 0.128 e. The molecule has 0 fully saturated rings. The van der Waals surface area contributed by atoms with Crippen LogP contribution in [0.2, 0.25) is 5.02 Å². The fourth-order valence-electron chi connectivity index (χ4n) is 1.88. The molecule has 0 unspecified atom stereocenters. The van der Waals surface area contributed by atoms with E-state index in [2.05, 4.69) is 5.32 Å². The SMILES string of the molecule is O[C@@H](C[NH2+]Cc1cccc(Cl)c1)c1ccccc1. The number of hydrogen-bond acceptors (Lipinski definition) is 1. The topological polar surface area (TPSA) is 36.8 Å². The molecule has 18 heavy (non-hydrogen) atoms. The Labute approximate surface area is 112 Å². The van der Waals surface area contributed by atoms with Crippen molar-refractivity contribution in [3.8, 4) is 0 Å². The zero-order valence-corrected chi connectivity index (χ0v) is 10.8. The standard InChI is InChI=1S/C15H16ClNO/c16-14-8-4-5-12(9-14)10-17-11-15(18)13-6-2-1-3-7-13/h1-9,15,17-18H,10-11H2/p+1/t15-/m0/s1. The van der Waals surface area contributed by atoms with Crippen molar-refractivity contribution >= 4 is 11.6 Å². The number of rotatable bonds is 5. The molecular weight excluding hydrogens is 246 g/mol. The van der Waals surface area contributed by atoms with Crippen molar-refractivity contribution in [1.82, 2.24) is 0 Å². The zero-order chi connectivity index (χ0) is 12.8. The number of benzene rings is 2. The van der Waals surface area contributed by atoms with Gasteiger partial charge >= 0.3 is 0 Å². The Morgan fingerprint density at radius 3 is 2.56 bits per heavy atom. The van der Waals surface area contributed by atoms with Gasteiger partial charge in [-0.25, -0.2) is 0 Å². The van der Waals surface area contributed by atoms with E-state index in [9.17, 15) is 5.11 Å². The molecule has 0 heterocycles. The molecule has 0 aliphatic carbocycles. The fourth-order valence-corrected chi connectivity index (χ4v) is 2.10. The van der Waals surface area contributed by atoms with Gasteiger partial charge in [0.1, 0.15) is 19.2 Å². The molecule has 0 aliphatic heterocycles. The number of halogens is 1. The molecule has 1 atom stereocenters. The second-order valence-electron chi connectivity index (χ2n) is 4.28. The van der Waals surface area contributed by atoms with Crippen molar-refractivity contribution < 1.29 is 10.4 Å². The normalized spacial score (nSPS) is 12.3. The molecule has 3 heteroatoms. The van der Waals surface area contributed by atoms with Gasteiger partial charge in [-0.2, -0.15) is 0 Å². The largest absolute Gasteiger partial charge is 0.382 e. The van der Waals surface area contributed by atoms with Crippen molar-refractivity contribution in [3.63, 3.8) is 0 Å². The van der Waals surface area contributed by atoms with Crippen LogP contribution in [0.25, 0.3) is 0 Å². The van der Waals surface area contributed by atoms with E-state index in [1.807, 2.05) is 54.6 Å². The molecule has 0 radical (unpaired) electrons. The number of aliphatic hydroxyl groups excluding tert-OH is 1. The first-order valence-corrected chi connectivity index (χ1v) is 6.42. The van der Waals surface area contributed by atoms with Gasteiger partial charge in [-0.15, -0.1) is 0 Å². The molecule has 0 aliphatic rings. The van der Waals surface area contributed by atoms with Gasteiger partial charge in [-0.05, 0) is 17.7 Å². The summed E-state index contributed by atoms with van der Waals surface area (Å²) < 4.78 is 0. The minimum Gasteiger partial charge on any atom is -0.382 e. The lowest BCUT2D eigenvalue weighted by molar-refractivity contribution is -0.677. The number of aliphatic hydroxyl groups is 1. The monoisotopic (exact) mass is 262 g/mol. The smallest absolute Gasteiger partial charge is 0.128 e. The van der Waals surface area contributed by atoms with Gasteiger partial charge in [-0.1, -0.05) is 54.1 Å². The van der Waals surface area contributed by atoms with E-state index < -0.39 is 6.10 Å². The Kier molecular flexibility index (Phi) is 4.76. The summed E-state index contributed by atoms with van der Waals surface area (Å²) in [5, 5.41) is 12.8. The summed E-state index contributed by atoms with van der Waals surface area (Å²) in [6.45, 7) is 1.47. The van der Waals surface area contributed by atoms with E-state index in [1.54, 1.807) is 0 Å². The van der Waals surface area contributed by atoms with Crippen LogP contribution in [-0.4, -0.2) is 11.7 Å². The van der Waals surface area contributed by atoms with Gasteiger partial charge in [-0.3, -0.25) is 0 Å². The highest BCUT2D eigenvalue weighted by molar-refractivity contribution is 6.30. The molecule has 0 amide bonds. The minimum atomic E-state index is -0.426. The van der Waals surface area contributed by atoms with Gasteiger partial charge in [0.2, 0.25) is 0 Å². The van der Waals surface area contributed by atoms with Crippen LogP contribution in [-0.2, 0) is 6.54 Å². The van der Waals surface area contributed by atoms with Gasteiger partial charge in [0.25, 0.3) is 0 Å². The van der Waals surface area contributed by atoms with Gasteiger partial charge in [0.05, 0.1) is 0 Å². The van der Waals surface area contributed by atoms with Crippen molar-refractivity contribution in [2.45, 2.75) is 12.6 Å². The van der Waals surface area contributed by atoms with E-state index in [0.29, 0.717) is 6.54 Å². The average molecular weight is 263 g/mol. The first-order valence-electron chi connectivity index (χ1n) is 6.05. The Balaban J connectivity index is 1.82. The summed E-state index contributed by atoms with van der Waals surface area (Å²) in [6, 6.07) is 17.5. The van der Waals surface area contributed by atoms with E-state index in [-0.39, 0.29) is 0 Å². The van der Waals surface area contributed by atoms with Gasteiger partial charge in [0, 0.05) is 10.6 Å². The zero-order valence-electron chi connectivity index (χ0n) is 10.1. The summed E-state index contributed by atoms with van der Waals surface area (Å²) in [5.74, 6) is 0. The van der Waals surface area contributed by atoms with Crippen LogP contribution in [0.1, 0.15) is 17.2 Å². The number of hydrogen-bond donors (Lipinski definition) is 2. The summed E-state index contributed by atoms with van der Waals surface area (Å²) in [6.07, 6.45) is -0.426. The van der Waals surface area contributed by atoms with E-state index in [0.717, 1.165) is 17.1 Å². The highest BCUT2D eigenvalue weighted by Gasteiger charge is 2.08. The lowest BCUT2D eigenvalue weighted by atomic mass is 10.1. The lowest BCUT2D eigenvalue weighted by Crippen LogP contribution is -2.83. The first kappa shape index (κ1) is 13.1. The summed E-state index contributed by atoms with van der Waals surface area (Å²) in [5.41, 5.74) is 2.13. The lowest BCUT2D eigenvalue weighted by Gasteiger charge is -2.09. The maximum atomic E-state index is 10.00. The van der Waals surface area contributed by atoms with Crippen LogP contribution in [0.3, 0.4) is 0 Å². The van der Waals surface area contributed by atoms with Crippen molar-refractivity contribution in [3.05, 3.63) is 70.7 Å². The molecule has 0 saturated heterocycles. The minimum absolute atomic E-state index is 0.426. The number of quaternary nitrogens is 1. The molecule has 0 bridgehead atoms. The highest BCUT2D eigenvalue weighted by atomic mass is 35.5. The highest BCUT2D eigenvalue weighted by Crippen LogP contribution is 2.10. The quantitative estimate of drug-likeness (QED) is 0.851. The Morgan fingerprint density at radius 2 is 1.83 bits per heavy atom. The molecule has 2 rings (SSSR count). The van der Waals surface area contributed by atoms with Crippen molar-refractivity contribution in [2.75, 3.05) is 6.54 Å². The van der Waals surface area contributed by atoms with Gasteiger partial charge < -0.3 is 10.4 Å². The maximum absolute atomic E-state index is 10.00. The molecular formula is C15H17ClNO+. The summed E-state index contributed by atoms with van der Waals surface area (Å²) in [4.78, 5) is 0. The van der Waals surface area contributed by atoms with Crippen LogP contribution in [0, 0.1) is 0 Å². The molecule has 0 saturated carbocycles. The van der Waals surface area contributed by atoms with Crippen LogP contribution >= 0.6 is 11.6 Å².